The molecule has 2 aromatic rings. The highest BCUT2D eigenvalue weighted by Gasteiger charge is 2.12. The summed E-state index contributed by atoms with van der Waals surface area (Å²) in [4.78, 5) is 2.30. The second-order valence-corrected chi connectivity index (χ2v) is 7.39. The Hall–Kier alpha value is -2.54. The molecule has 0 spiro atoms. The average molecular weight is 376 g/mol. The SMILES string of the molecule is CCCCc1ccc(S(=O)(=O)N/N=C/c2cccc(OCC)c2O)cc1. The van der Waals surface area contributed by atoms with Gasteiger partial charge in [-0.15, -0.1) is 0 Å². The van der Waals surface area contributed by atoms with E-state index in [1.807, 2.05) is 19.1 Å². The van der Waals surface area contributed by atoms with Gasteiger partial charge in [0.1, 0.15) is 0 Å². The molecule has 0 aliphatic heterocycles. The molecule has 0 saturated heterocycles. The third kappa shape index (κ3) is 5.23. The number of hydrogen-bond acceptors (Lipinski definition) is 5. The Morgan fingerprint density at radius 3 is 2.54 bits per heavy atom. The van der Waals surface area contributed by atoms with Gasteiger partial charge < -0.3 is 9.84 Å². The molecular formula is C19H24N2O4S. The number of phenols is 1. The van der Waals surface area contributed by atoms with Gasteiger partial charge in [0.25, 0.3) is 10.0 Å². The van der Waals surface area contributed by atoms with Crippen LogP contribution < -0.4 is 9.57 Å². The van der Waals surface area contributed by atoms with Crippen molar-refractivity contribution in [3.8, 4) is 11.5 Å². The molecule has 0 bridgehead atoms. The number of aryl methyl sites for hydroxylation is 1. The lowest BCUT2D eigenvalue weighted by atomic mass is 10.1. The number of phenolic OH excluding ortho intramolecular Hbond substituents is 1. The minimum absolute atomic E-state index is 0.0856. The van der Waals surface area contributed by atoms with Crippen LogP contribution in [0.5, 0.6) is 11.5 Å². The maximum atomic E-state index is 12.3. The largest absolute Gasteiger partial charge is 0.504 e. The van der Waals surface area contributed by atoms with E-state index < -0.39 is 10.0 Å². The summed E-state index contributed by atoms with van der Waals surface area (Å²) in [6.45, 7) is 4.33. The first kappa shape index (κ1) is 19.8. The van der Waals surface area contributed by atoms with E-state index in [2.05, 4.69) is 16.9 Å². The fourth-order valence-corrected chi connectivity index (χ4v) is 3.14. The zero-order valence-corrected chi connectivity index (χ0v) is 15.8. The second kappa shape index (κ2) is 9.24. The number of benzene rings is 2. The summed E-state index contributed by atoms with van der Waals surface area (Å²) in [7, 11) is -3.76. The molecule has 2 N–H and O–H groups in total. The lowest BCUT2D eigenvalue weighted by molar-refractivity contribution is 0.318. The molecule has 0 heterocycles. The van der Waals surface area contributed by atoms with E-state index in [9.17, 15) is 13.5 Å². The van der Waals surface area contributed by atoms with Crippen molar-refractivity contribution >= 4 is 16.2 Å². The van der Waals surface area contributed by atoms with Crippen LogP contribution in [-0.4, -0.2) is 26.3 Å². The zero-order chi connectivity index (χ0) is 19.0. The summed E-state index contributed by atoms with van der Waals surface area (Å²) in [5.74, 6) is 0.236. The summed E-state index contributed by atoms with van der Waals surface area (Å²) in [6, 6.07) is 11.7. The van der Waals surface area contributed by atoms with E-state index in [1.54, 1.807) is 30.3 Å². The Balaban J connectivity index is 2.08. The molecule has 0 atom stereocenters. The maximum absolute atomic E-state index is 12.3. The van der Waals surface area contributed by atoms with Crippen molar-refractivity contribution in [1.29, 1.82) is 0 Å². The number of ether oxygens (including phenoxy) is 1. The van der Waals surface area contributed by atoms with Crippen LogP contribution in [0.4, 0.5) is 0 Å². The number of para-hydroxylation sites is 1. The van der Waals surface area contributed by atoms with Gasteiger partial charge in [0.15, 0.2) is 11.5 Å². The Labute approximate surface area is 154 Å². The zero-order valence-electron chi connectivity index (χ0n) is 15.0. The number of nitrogens with one attached hydrogen (secondary N) is 1. The van der Waals surface area contributed by atoms with E-state index in [0.29, 0.717) is 17.9 Å². The Morgan fingerprint density at radius 1 is 1.15 bits per heavy atom. The smallest absolute Gasteiger partial charge is 0.276 e. The normalized spacial score (nSPS) is 11.6. The molecule has 0 aliphatic rings. The topological polar surface area (TPSA) is 88.0 Å². The lowest BCUT2D eigenvalue weighted by Crippen LogP contribution is -2.18. The molecule has 0 amide bonds. The first-order valence-electron chi connectivity index (χ1n) is 8.56. The van der Waals surface area contributed by atoms with Gasteiger partial charge in [-0.05, 0) is 49.6 Å². The minimum Gasteiger partial charge on any atom is -0.504 e. The summed E-state index contributed by atoms with van der Waals surface area (Å²) in [5.41, 5.74) is 1.46. The molecule has 0 fully saturated rings. The molecule has 0 saturated carbocycles. The van der Waals surface area contributed by atoms with Gasteiger partial charge >= 0.3 is 0 Å². The van der Waals surface area contributed by atoms with Crippen LogP contribution in [0.25, 0.3) is 0 Å². The predicted octanol–water partition coefficient (Wildman–Crippen LogP) is 3.45. The van der Waals surface area contributed by atoms with Crippen LogP contribution in [0.1, 0.15) is 37.8 Å². The van der Waals surface area contributed by atoms with Gasteiger partial charge in [0.2, 0.25) is 0 Å². The number of hydrogen-bond donors (Lipinski definition) is 2. The van der Waals surface area contributed by atoms with E-state index in [0.717, 1.165) is 24.8 Å². The standard InChI is InChI=1S/C19H24N2O4S/c1-3-5-7-15-10-12-17(13-11-15)26(23,24)21-20-14-16-8-6-9-18(19(16)22)25-4-2/h6,8-14,21-22H,3-5,7H2,1-2H3/b20-14+. The Bertz CT molecular complexity index is 846. The fraction of sp³-hybridized carbons (Fsp3) is 0.316. The molecule has 7 heteroatoms. The van der Waals surface area contributed by atoms with E-state index in [-0.39, 0.29) is 10.6 Å². The molecule has 2 aromatic carbocycles. The van der Waals surface area contributed by atoms with Gasteiger partial charge in [-0.2, -0.15) is 13.5 Å². The van der Waals surface area contributed by atoms with Crippen LogP contribution in [0.2, 0.25) is 0 Å². The van der Waals surface area contributed by atoms with Gasteiger partial charge in [0.05, 0.1) is 17.7 Å². The van der Waals surface area contributed by atoms with Crippen molar-refractivity contribution < 1.29 is 18.3 Å². The average Bonchev–Trinajstić information content (AvgIpc) is 2.63. The molecule has 0 radical (unpaired) electrons. The van der Waals surface area contributed by atoms with Crippen LogP contribution >= 0.6 is 0 Å². The van der Waals surface area contributed by atoms with Crippen molar-refractivity contribution in [3.05, 3.63) is 53.6 Å². The highest BCUT2D eigenvalue weighted by atomic mass is 32.2. The van der Waals surface area contributed by atoms with Crippen LogP contribution in [0.15, 0.2) is 52.5 Å². The van der Waals surface area contributed by atoms with E-state index >= 15 is 0 Å². The predicted molar refractivity (Wildman–Crippen MR) is 102 cm³/mol. The van der Waals surface area contributed by atoms with E-state index in [1.165, 1.54) is 6.21 Å². The lowest BCUT2D eigenvalue weighted by Gasteiger charge is -2.07. The van der Waals surface area contributed by atoms with Crippen molar-refractivity contribution in [3.63, 3.8) is 0 Å². The molecule has 0 aliphatic carbocycles. The Morgan fingerprint density at radius 2 is 1.88 bits per heavy atom. The molecule has 26 heavy (non-hydrogen) atoms. The molecule has 6 nitrogen and oxygen atoms in total. The van der Waals surface area contributed by atoms with Gasteiger partial charge in [-0.25, -0.2) is 4.83 Å². The summed E-state index contributed by atoms with van der Waals surface area (Å²) < 4.78 is 29.9. The number of aromatic hydroxyl groups is 1. The highest BCUT2D eigenvalue weighted by Crippen LogP contribution is 2.28. The summed E-state index contributed by atoms with van der Waals surface area (Å²) >= 11 is 0. The molecule has 140 valence electrons. The van der Waals surface area contributed by atoms with E-state index in [4.69, 9.17) is 4.74 Å². The molecule has 0 unspecified atom stereocenters. The third-order valence-corrected chi connectivity index (χ3v) is 5.00. The van der Waals surface area contributed by atoms with Crippen molar-refractivity contribution in [2.75, 3.05) is 6.61 Å². The maximum Gasteiger partial charge on any atom is 0.276 e. The molecule has 2 rings (SSSR count). The van der Waals surface area contributed by atoms with Crippen molar-refractivity contribution in [2.24, 2.45) is 5.10 Å². The number of hydrazone groups is 1. The minimum atomic E-state index is -3.76. The number of unbranched alkanes of at least 4 members (excludes halogenated alkanes) is 1. The fourth-order valence-electron chi connectivity index (χ4n) is 2.35. The first-order chi connectivity index (χ1) is 12.5. The molecular weight excluding hydrogens is 352 g/mol. The number of sulfonamides is 1. The van der Waals surface area contributed by atoms with Crippen LogP contribution in [0, 0.1) is 0 Å². The first-order valence-corrected chi connectivity index (χ1v) is 10.0. The highest BCUT2D eigenvalue weighted by molar-refractivity contribution is 7.89. The van der Waals surface area contributed by atoms with Gasteiger partial charge in [-0.1, -0.05) is 31.5 Å². The monoisotopic (exact) mass is 376 g/mol. The second-order valence-electron chi connectivity index (χ2n) is 5.73. The molecule has 0 aromatic heterocycles. The third-order valence-electron chi connectivity index (χ3n) is 3.76. The van der Waals surface area contributed by atoms with Crippen LogP contribution in [0.3, 0.4) is 0 Å². The van der Waals surface area contributed by atoms with Crippen molar-refractivity contribution in [2.45, 2.75) is 38.0 Å². The summed E-state index contributed by atoms with van der Waals surface area (Å²) in [5, 5.41) is 13.8. The number of nitrogens with zero attached hydrogens (tertiary/aromatic N) is 1. The number of rotatable bonds is 9. The van der Waals surface area contributed by atoms with Crippen molar-refractivity contribution in [1.82, 2.24) is 4.83 Å². The Kier molecular flexibility index (Phi) is 7.03. The van der Waals surface area contributed by atoms with Crippen LogP contribution in [-0.2, 0) is 16.4 Å². The quantitative estimate of drug-likeness (QED) is 0.518. The summed E-state index contributed by atoms with van der Waals surface area (Å²) in [6.07, 6.45) is 4.33. The van der Waals surface area contributed by atoms with Gasteiger partial charge in [0, 0.05) is 5.56 Å². The van der Waals surface area contributed by atoms with Gasteiger partial charge in [-0.3, -0.25) is 0 Å².